The number of aromatic nitrogens is 1. The van der Waals surface area contributed by atoms with Gasteiger partial charge in [0.25, 0.3) is 11.6 Å². The van der Waals surface area contributed by atoms with Crippen LogP contribution < -0.4 is 5.32 Å². The summed E-state index contributed by atoms with van der Waals surface area (Å²) in [5, 5.41) is 13.7. The summed E-state index contributed by atoms with van der Waals surface area (Å²) in [6.07, 6.45) is 2.91. The number of non-ortho nitro benzene ring substituents is 1. The number of carbonyl (C=O) groups excluding carboxylic acids is 2. The Bertz CT molecular complexity index is 1040. The van der Waals surface area contributed by atoms with E-state index in [1.165, 1.54) is 24.5 Å². The molecule has 1 N–H and O–H groups in total. The van der Waals surface area contributed by atoms with E-state index >= 15 is 0 Å². The molecule has 134 valence electrons. The lowest BCUT2D eigenvalue weighted by molar-refractivity contribution is -0.384. The molecule has 0 unspecified atom stereocenters. The minimum absolute atomic E-state index is 0.0340. The number of nitro benzene ring substituents is 1. The maximum Gasteiger partial charge on any atom is 0.270 e. The largest absolute Gasteiger partial charge is 0.321 e. The first kappa shape index (κ1) is 18.4. The third-order valence-electron chi connectivity index (χ3n) is 3.71. The van der Waals surface area contributed by atoms with Gasteiger partial charge >= 0.3 is 0 Å². The molecular weight excluding hydrogens is 414 g/mol. The topological polar surface area (TPSA) is 102 Å². The number of amides is 1. The molecule has 0 spiro atoms. The van der Waals surface area contributed by atoms with Crippen molar-refractivity contribution in [2.45, 2.75) is 0 Å². The zero-order chi connectivity index (χ0) is 19.4. The quantitative estimate of drug-likeness (QED) is 0.374. The fourth-order valence-corrected chi connectivity index (χ4v) is 2.78. The minimum Gasteiger partial charge on any atom is -0.321 e. The number of nitro groups is 1. The van der Waals surface area contributed by atoms with Gasteiger partial charge in [-0.05, 0) is 28.1 Å². The van der Waals surface area contributed by atoms with E-state index < -0.39 is 16.6 Å². The van der Waals surface area contributed by atoms with E-state index in [1.54, 1.807) is 36.4 Å². The maximum absolute atomic E-state index is 12.8. The molecule has 3 rings (SSSR count). The van der Waals surface area contributed by atoms with Crippen LogP contribution in [0.25, 0.3) is 0 Å². The summed E-state index contributed by atoms with van der Waals surface area (Å²) in [6, 6.07) is 13.7. The molecule has 0 aliphatic carbocycles. The third kappa shape index (κ3) is 4.24. The van der Waals surface area contributed by atoms with Crippen LogP contribution in [0.15, 0.2) is 71.5 Å². The number of benzene rings is 2. The van der Waals surface area contributed by atoms with E-state index in [4.69, 9.17) is 0 Å². The molecule has 0 atom stereocenters. The van der Waals surface area contributed by atoms with Crippen molar-refractivity contribution in [1.29, 1.82) is 0 Å². The normalized spacial score (nSPS) is 10.3. The van der Waals surface area contributed by atoms with Crippen molar-refractivity contribution in [3.63, 3.8) is 0 Å². The van der Waals surface area contributed by atoms with Gasteiger partial charge in [0.1, 0.15) is 0 Å². The molecule has 0 fully saturated rings. The summed E-state index contributed by atoms with van der Waals surface area (Å²) in [4.78, 5) is 39.7. The summed E-state index contributed by atoms with van der Waals surface area (Å²) in [5.74, 6) is -0.915. The fraction of sp³-hybridized carbons (Fsp3) is 0. The first-order valence-corrected chi connectivity index (χ1v) is 8.55. The molecule has 8 heteroatoms. The highest BCUT2D eigenvalue weighted by molar-refractivity contribution is 9.10. The van der Waals surface area contributed by atoms with Crippen LogP contribution in [0.3, 0.4) is 0 Å². The smallest absolute Gasteiger partial charge is 0.270 e. The third-order valence-corrected chi connectivity index (χ3v) is 4.14. The number of nitrogens with zero attached hydrogens (tertiary/aromatic N) is 2. The minimum atomic E-state index is -0.592. The van der Waals surface area contributed by atoms with Crippen molar-refractivity contribution in [3.05, 3.63) is 98.3 Å². The summed E-state index contributed by atoms with van der Waals surface area (Å²) < 4.78 is 0.624. The average Bonchev–Trinajstić information content (AvgIpc) is 2.68. The Kier molecular flexibility index (Phi) is 5.37. The zero-order valence-electron chi connectivity index (χ0n) is 13.8. The van der Waals surface area contributed by atoms with Gasteiger partial charge in [0.2, 0.25) is 0 Å². The Balaban J connectivity index is 2.00. The molecule has 0 aliphatic heterocycles. The van der Waals surface area contributed by atoms with Gasteiger partial charge in [0, 0.05) is 34.6 Å². The van der Waals surface area contributed by atoms with E-state index in [-0.39, 0.29) is 22.5 Å². The van der Waals surface area contributed by atoms with Crippen LogP contribution in [0, 0.1) is 10.1 Å². The second kappa shape index (κ2) is 7.88. The van der Waals surface area contributed by atoms with Crippen molar-refractivity contribution in [2.75, 3.05) is 5.32 Å². The maximum atomic E-state index is 12.8. The number of hydrogen-bond donors (Lipinski definition) is 1. The number of nitrogens with one attached hydrogen (secondary N) is 1. The second-order valence-electron chi connectivity index (χ2n) is 5.53. The second-order valence-corrected chi connectivity index (χ2v) is 6.44. The Labute approximate surface area is 162 Å². The molecule has 0 bridgehead atoms. The van der Waals surface area contributed by atoms with Gasteiger partial charge in [-0.3, -0.25) is 24.7 Å². The standard InChI is InChI=1S/C19H12BrN3O4/c20-14-8-13(10-21-11-14)19(25)22-17-7-6-15(23(26)27)9-16(17)18(24)12-4-2-1-3-5-12/h1-11H,(H,22,25). The lowest BCUT2D eigenvalue weighted by atomic mass is 10.0. The van der Waals surface area contributed by atoms with Crippen molar-refractivity contribution < 1.29 is 14.5 Å². The number of carbonyl (C=O) groups is 2. The van der Waals surface area contributed by atoms with Gasteiger partial charge in [-0.25, -0.2) is 0 Å². The van der Waals surface area contributed by atoms with E-state index in [2.05, 4.69) is 26.2 Å². The van der Waals surface area contributed by atoms with Crippen molar-refractivity contribution >= 4 is 39.0 Å². The van der Waals surface area contributed by atoms with Gasteiger partial charge in [-0.2, -0.15) is 0 Å². The summed E-state index contributed by atoms with van der Waals surface area (Å²) in [7, 11) is 0. The highest BCUT2D eigenvalue weighted by atomic mass is 79.9. The molecule has 1 heterocycles. The van der Waals surface area contributed by atoms with E-state index in [1.807, 2.05) is 0 Å². The van der Waals surface area contributed by atoms with Crippen LogP contribution in [0.1, 0.15) is 26.3 Å². The number of halogens is 1. The van der Waals surface area contributed by atoms with Crippen molar-refractivity contribution in [3.8, 4) is 0 Å². The number of pyridine rings is 1. The number of rotatable bonds is 5. The molecule has 2 aromatic carbocycles. The van der Waals surface area contributed by atoms with Crippen LogP contribution >= 0.6 is 15.9 Å². The molecule has 27 heavy (non-hydrogen) atoms. The number of ketones is 1. The lowest BCUT2D eigenvalue weighted by Gasteiger charge is -2.11. The SMILES string of the molecule is O=C(Nc1ccc([N+](=O)[O-])cc1C(=O)c1ccccc1)c1cncc(Br)c1. The van der Waals surface area contributed by atoms with Crippen LogP contribution in [-0.4, -0.2) is 21.6 Å². The Hall–Kier alpha value is -3.39. The Morgan fingerprint density at radius 1 is 1.00 bits per heavy atom. The number of anilines is 1. The summed E-state index contributed by atoms with van der Waals surface area (Å²) >= 11 is 3.24. The van der Waals surface area contributed by atoms with E-state index in [9.17, 15) is 19.7 Å². The molecule has 3 aromatic rings. The van der Waals surface area contributed by atoms with E-state index in [0.717, 1.165) is 6.07 Å². The molecule has 0 aliphatic rings. The first-order chi connectivity index (χ1) is 13.0. The molecular formula is C19H12BrN3O4. The fourth-order valence-electron chi connectivity index (χ4n) is 2.42. The van der Waals surface area contributed by atoms with Crippen LogP contribution in [0.5, 0.6) is 0 Å². The summed E-state index contributed by atoms with van der Waals surface area (Å²) in [5.41, 5.74) is 0.612. The average molecular weight is 426 g/mol. The highest BCUT2D eigenvalue weighted by Crippen LogP contribution is 2.25. The van der Waals surface area contributed by atoms with Crippen molar-refractivity contribution in [2.24, 2.45) is 0 Å². The molecule has 7 nitrogen and oxygen atoms in total. The molecule has 0 radical (unpaired) electrons. The zero-order valence-corrected chi connectivity index (χ0v) is 15.3. The molecule has 0 saturated heterocycles. The Morgan fingerprint density at radius 2 is 1.74 bits per heavy atom. The van der Waals surface area contributed by atoms with E-state index in [0.29, 0.717) is 10.0 Å². The molecule has 0 saturated carbocycles. The van der Waals surface area contributed by atoms with Gasteiger partial charge in [-0.1, -0.05) is 30.3 Å². The Morgan fingerprint density at radius 3 is 2.41 bits per heavy atom. The monoisotopic (exact) mass is 425 g/mol. The summed E-state index contributed by atoms with van der Waals surface area (Å²) in [6.45, 7) is 0. The predicted molar refractivity (Wildman–Crippen MR) is 103 cm³/mol. The molecule has 1 aromatic heterocycles. The van der Waals surface area contributed by atoms with Crippen LogP contribution in [0.2, 0.25) is 0 Å². The van der Waals surface area contributed by atoms with Gasteiger partial charge in [-0.15, -0.1) is 0 Å². The van der Waals surface area contributed by atoms with Crippen LogP contribution in [-0.2, 0) is 0 Å². The lowest BCUT2D eigenvalue weighted by Crippen LogP contribution is -2.15. The highest BCUT2D eigenvalue weighted by Gasteiger charge is 2.20. The van der Waals surface area contributed by atoms with Gasteiger partial charge in [0.05, 0.1) is 21.7 Å². The predicted octanol–water partition coefficient (Wildman–Crippen LogP) is 4.24. The van der Waals surface area contributed by atoms with Gasteiger partial charge in [0.15, 0.2) is 5.78 Å². The van der Waals surface area contributed by atoms with Gasteiger partial charge < -0.3 is 5.32 Å². The molecule has 1 amide bonds. The number of hydrogen-bond acceptors (Lipinski definition) is 5. The van der Waals surface area contributed by atoms with Crippen molar-refractivity contribution in [1.82, 2.24) is 4.98 Å². The van der Waals surface area contributed by atoms with Crippen LogP contribution in [0.4, 0.5) is 11.4 Å². The first-order valence-electron chi connectivity index (χ1n) is 7.76.